The summed E-state index contributed by atoms with van der Waals surface area (Å²) in [6.45, 7) is -2.67. The molecule has 0 heterocycles. The second-order valence-electron chi connectivity index (χ2n) is 4.29. The highest BCUT2D eigenvalue weighted by atomic mass is 16.4. The summed E-state index contributed by atoms with van der Waals surface area (Å²) in [5.74, 6) is -5.62. The van der Waals surface area contributed by atoms with Crippen LogP contribution in [0.1, 0.15) is 0 Å². The molecule has 4 N–H and O–H groups in total. The number of rotatable bonds is 12. The minimum Gasteiger partial charge on any atom is -0.480 e. The fourth-order valence-corrected chi connectivity index (χ4v) is 1.67. The van der Waals surface area contributed by atoms with E-state index in [0.29, 0.717) is 0 Å². The quantitative estimate of drug-likeness (QED) is 0.220. The summed E-state index contributed by atoms with van der Waals surface area (Å²) in [6.07, 6.45) is -0.807. The molecule has 128 valence electrons. The molecule has 0 saturated carbocycles. The fourth-order valence-electron chi connectivity index (χ4n) is 1.67. The molecular weight excluding hydrogens is 318 g/mol. The predicted molar refractivity (Wildman–Crippen MR) is 70.5 cm³/mol. The van der Waals surface area contributed by atoms with E-state index in [1.165, 1.54) is 0 Å². The molecule has 0 aliphatic heterocycles. The molecule has 12 heteroatoms. The van der Waals surface area contributed by atoms with Gasteiger partial charge in [0, 0.05) is 13.1 Å². The molecule has 0 fully saturated rings. The third kappa shape index (κ3) is 8.93. The molecular formula is C11H15N3O9. The molecule has 1 unspecified atom stereocenters. The number of aliphatic carboxylic acids is 4. The van der Waals surface area contributed by atoms with E-state index in [0.717, 1.165) is 15.9 Å². The smallest absolute Gasteiger partial charge is 0.344 e. The molecule has 0 bridgehead atoms. The summed E-state index contributed by atoms with van der Waals surface area (Å²) < 4.78 is 0. The molecule has 0 aromatic carbocycles. The first-order chi connectivity index (χ1) is 10.7. The Labute approximate surface area is 129 Å². The third-order valence-corrected chi connectivity index (χ3v) is 2.50. The molecule has 23 heavy (non-hydrogen) atoms. The van der Waals surface area contributed by atoms with Gasteiger partial charge in [-0.2, -0.15) is 4.99 Å². The molecule has 0 saturated heterocycles. The average Bonchev–Trinajstić information content (AvgIpc) is 2.38. The molecule has 0 aliphatic rings. The van der Waals surface area contributed by atoms with Crippen LogP contribution in [0.4, 0.5) is 0 Å². The van der Waals surface area contributed by atoms with Gasteiger partial charge in [0.15, 0.2) is 0 Å². The lowest BCUT2D eigenvalue weighted by atomic mass is 10.3. The van der Waals surface area contributed by atoms with Gasteiger partial charge >= 0.3 is 23.9 Å². The number of aliphatic imine (C=N–C) groups is 1. The molecule has 0 amide bonds. The van der Waals surface area contributed by atoms with Gasteiger partial charge < -0.3 is 20.4 Å². The Hall–Kier alpha value is -2.82. The fraction of sp³-hybridized carbons (Fsp3) is 0.545. The molecule has 0 aliphatic carbocycles. The number of carbonyl (C=O) groups excluding carboxylic acids is 1. The van der Waals surface area contributed by atoms with Crippen LogP contribution >= 0.6 is 0 Å². The lowest BCUT2D eigenvalue weighted by Gasteiger charge is -2.26. The van der Waals surface area contributed by atoms with E-state index in [1.807, 2.05) is 0 Å². The van der Waals surface area contributed by atoms with Crippen molar-refractivity contribution in [3.63, 3.8) is 0 Å². The first-order valence-electron chi connectivity index (χ1n) is 6.09. The van der Waals surface area contributed by atoms with Gasteiger partial charge in [-0.15, -0.1) is 0 Å². The van der Waals surface area contributed by atoms with Gasteiger partial charge in [-0.3, -0.25) is 24.2 Å². The molecule has 0 aromatic rings. The number of hydrogen-bond acceptors (Lipinski definition) is 8. The van der Waals surface area contributed by atoms with Crippen molar-refractivity contribution in [2.24, 2.45) is 4.99 Å². The van der Waals surface area contributed by atoms with Crippen LogP contribution in [0.15, 0.2) is 4.99 Å². The minimum absolute atomic E-state index is 0.260. The SMILES string of the molecule is O=C=NC(C(=O)O)N(CCN(CC(=O)O)CC(=O)O)CC(=O)O. The van der Waals surface area contributed by atoms with E-state index in [1.54, 1.807) is 0 Å². The van der Waals surface area contributed by atoms with E-state index in [9.17, 15) is 24.0 Å². The van der Waals surface area contributed by atoms with Crippen LogP contribution in [0.25, 0.3) is 0 Å². The molecule has 0 aromatic heterocycles. The first-order valence-corrected chi connectivity index (χ1v) is 6.09. The number of carbonyl (C=O) groups is 4. The number of hydrogen-bond donors (Lipinski definition) is 4. The van der Waals surface area contributed by atoms with Crippen LogP contribution in [0.3, 0.4) is 0 Å². The van der Waals surface area contributed by atoms with E-state index in [2.05, 4.69) is 4.99 Å². The zero-order valence-corrected chi connectivity index (χ0v) is 11.8. The van der Waals surface area contributed by atoms with Crippen molar-refractivity contribution in [2.45, 2.75) is 6.17 Å². The maximum atomic E-state index is 11.0. The van der Waals surface area contributed by atoms with E-state index in [-0.39, 0.29) is 13.1 Å². The van der Waals surface area contributed by atoms with Crippen LogP contribution in [-0.2, 0) is 24.0 Å². The van der Waals surface area contributed by atoms with Crippen LogP contribution < -0.4 is 0 Å². The lowest BCUT2D eigenvalue weighted by molar-refractivity contribution is -0.148. The van der Waals surface area contributed by atoms with Gasteiger partial charge in [-0.05, 0) is 0 Å². The standard InChI is InChI=1S/C11H15N3O9/c15-6-12-10(11(22)23)14(5-9(20)21)2-1-13(3-7(16)17)4-8(18)19/h10H,1-5H2,(H,16,17)(H,18,19)(H,20,21)(H,22,23). The number of carboxylic acid groups (broad SMARTS) is 4. The number of carboxylic acids is 4. The Morgan fingerprint density at radius 2 is 1.35 bits per heavy atom. The molecule has 0 radical (unpaired) electrons. The topological polar surface area (TPSA) is 185 Å². The van der Waals surface area contributed by atoms with E-state index >= 15 is 0 Å². The zero-order chi connectivity index (χ0) is 18.0. The van der Waals surface area contributed by atoms with Gasteiger partial charge in [0.05, 0.1) is 19.6 Å². The van der Waals surface area contributed by atoms with Crippen molar-refractivity contribution in [3.05, 3.63) is 0 Å². The van der Waals surface area contributed by atoms with E-state index < -0.39 is 49.7 Å². The molecule has 12 nitrogen and oxygen atoms in total. The summed E-state index contributed by atoms with van der Waals surface area (Å²) in [5.41, 5.74) is 0. The maximum absolute atomic E-state index is 11.0. The van der Waals surface area contributed by atoms with Crippen molar-refractivity contribution < 1.29 is 44.4 Å². The summed E-state index contributed by atoms with van der Waals surface area (Å²) in [5, 5.41) is 35.1. The Morgan fingerprint density at radius 1 is 0.870 bits per heavy atom. The first kappa shape index (κ1) is 20.2. The molecule has 0 rings (SSSR count). The lowest BCUT2D eigenvalue weighted by Crippen LogP contribution is -2.47. The van der Waals surface area contributed by atoms with Crippen molar-refractivity contribution in [1.29, 1.82) is 0 Å². The summed E-state index contributed by atoms with van der Waals surface area (Å²) in [4.78, 5) is 58.0. The highest BCUT2D eigenvalue weighted by Gasteiger charge is 2.27. The van der Waals surface area contributed by atoms with Crippen LogP contribution in [-0.4, -0.2) is 99.1 Å². The summed E-state index contributed by atoms with van der Waals surface area (Å²) in [6, 6.07) is 0. The van der Waals surface area contributed by atoms with Gasteiger partial charge in [-0.25, -0.2) is 9.59 Å². The number of isocyanates is 1. The third-order valence-electron chi connectivity index (χ3n) is 2.50. The number of nitrogens with zero attached hydrogens (tertiary/aromatic N) is 3. The average molecular weight is 333 g/mol. The van der Waals surface area contributed by atoms with Crippen LogP contribution in [0.2, 0.25) is 0 Å². The maximum Gasteiger partial charge on any atom is 0.344 e. The minimum atomic E-state index is -1.82. The van der Waals surface area contributed by atoms with Gasteiger partial charge in [0.1, 0.15) is 0 Å². The molecule has 1 atom stereocenters. The van der Waals surface area contributed by atoms with Crippen molar-refractivity contribution in [1.82, 2.24) is 9.80 Å². The van der Waals surface area contributed by atoms with Crippen LogP contribution in [0.5, 0.6) is 0 Å². The Balaban J connectivity index is 5.07. The second kappa shape index (κ2) is 10.00. The Bertz CT molecular complexity index is 497. The molecule has 0 spiro atoms. The monoisotopic (exact) mass is 333 g/mol. The van der Waals surface area contributed by atoms with Gasteiger partial charge in [0.25, 0.3) is 0 Å². The van der Waals surface area contributed by atoms with Crippen molar-refractivity contribution in [3.8, 4) is 0 Å². The summed E-state index contributed by atoms with van der Waals surface area (Å²) in [7, 11) is 0. The van der Waals surface area contributed by atoms with Crippen molar-refractivity contribution >= 4 is 30.0 Å². The van der Waals surface area contributed by atoms with Crippen molar-refractivity contribution in [2.75, 3.05) is 32.7 Å². The normalized spacial score (nSPS) is 11.7. The zero-order valence-electron chi connectivity index (χ0n) is 11.8. The predicted octanol–water partition coefficient (Wildman–Crippen LogP) is -2.41. The Morgan fingerprint density at radius 3 is 1.70 bits per heavy atom. The van der Waals surface area contributed by atoms with E-state index in [4.69, 9.17) is 20.4 Å². The second-order valence-corrected chi connectivity index (χ2v) is 4.29. The Kier molecular flexibility index (Phi) is 8.77. The van der Waals surface area contributed by atoms with Crippen LogP contribution in [0, 0.1) is 0 Å². The largest absolute Gasteiger partial charge is 0.480 e. The highest BCUT2D eigenvalue weighted by Crippen LogP contribution is 2.03. The summed E-state index contributed by atoms with van der Waals surface area (Å²) >= 11 is 0. The van der Waals surface area contributed by atoms with Gasteiger partial charge in [0.2, 0.25) is 12.2 Å². The highest BCUT2D eigenvalue weighted by molar-refractivity contribution is 5.76. The van der Waals surface area contributed by atoms with Gasteiger partial charge in [-0.1, -0.05) is 0 Å².